The van der Waals surface area contributed by atoms with Crippen LogP contribution in [0.15, 0.2) is 36.4 Å². The highest BCUT2D eigenvalue weighted by molar-refractivity contribution is 5.48. The first-order valence-electron chi connectivity index (χ1n) is 11.5. The average molecular weight is 411 g/mol. The Balaban J connectivity index is 1.81. The molecule has 164 valence electrons. The summed E-state index contributed by atoms with van der Waals surface area (Å²) in [5.74, 6) is 2.38. The predicted molar refractivity (Wildman–Crippen MR) is 125 cm³/mol. The molecule has 4 heteroatoms. The molecule has 1 unspecified atom stereocenters. The Morgan fingerprint density at radius 1 is 0.967 bits per heavy atom. The fourth-order valence-corrected chi connectivity index (χ4v) is 4.31. The molecule has 30 heavy (non-hydrogen) atoms. The Morgan fingerprint density at radius 2 is 1.67 bits per heavy atom. The molecule has 0 aromatic heterocycles. The van der Waals surface area contributed by atoms with E-state index in [1.54, 1.807) is 0 Å². The van der Waals surface area contributed by atoms with Crippen LogP contribution in [0.1, 0.15) is 68.8 Å². The molecule has 0 bridgehead atoms. The number of ether oxygens (including phenoxy) is 2. The monoisotopic (exact) mass is 410 g/mol. The van der Waals surface area contributed by atoms with Crippen LogP contribution in [0.3, 0.4) is 0 Å². The molecule has 0 radical (unpaired) electrons. The summed E-state index contributed by atoms with van der Waals surface area (Å²) in [6.45, 7) is 16.4. The molecule has 0 amide bonds. The van der Waals surface area contributed by atoms with E-state index in [4.69, 9.17) is 9.47 Å². The molecule has 0 saturated heterocycles. The number of nitrogens with one attached hydrogen (secondary N) is 1. The minimum Gasteiger partial charge on any atom is -0.494 e. The molecule has 2 aromatic carbocycles. The Kier molecular flexibility index (Phi) is 8.17. The van der Waals surface area contributed by atoms with E-state index in [0.717, 1.165) is 50.7 Å². The molecule has 1 aliphatic rings. The van der Waals surface area contributed by atoms with Crippen molar-refractivity contribution in [1.82, 2.24) is 10.2 Å². The lowest BCUT2D eigenvalue weighted by Crippen LogP contribution is -2.31. The van der Waals surface area contributed by atoms with Crippen molar-refractivity contribution in [3.05, 3.63) is 58.7 Å². The van der Waals surface area contributed by atoms with Gasteiger partial charge in [0, 0.05) is 13.1 Å². The van der Waals surface area contributed by atoms with Crippen molar-refractivity contribution in [2.24, 2.45) is 0 Å². The Labute approximate surface area is 182 Å². The summed E-state index contributed by atoms with van der Waals surface area (Å²) in [4.78, 5) is 2.39. The second-order valence-corrected chi connectivity index (χ2v) is 8.25. The maximum atomic E-state index is 6.07. The van der Waals surface area contributed by atoms with E-state index in [9.17, 15) is 0 Å². The summed E-state index contributed by atoms with van der Waals surface area (Å²) in [6.07, 6.45) is 1.03. The Hall–Kier alpha value is -2.04. The summed E-state index contributed by atoms with van der Waals surface area (Å²) in [7, 11) is 0. The Bertz CT molecular complexity index is 815. The van der Waals surface area contributed by atoms with E-state index in [1.165, 1.54) is 22.3 Å². The molecule has 1 heterocycles. The van der Waals surface area contributed by atoms with Gasteiger partial charge in [0.2, 0.25) is 0 Å². The van der Waals surface area contributed by atoms with Crippen molar-refractivity contribution >= 4 is 0 Å². The van der Waals surface area contributed by atoms with Crippen molar-refractivity contribution in [2.45, 2.75) is 53.0 Å². The van der Waals surface area contributed by atoms with E-state index >= 15 is 0 Å². The maximum Gasteiger partial charge on any atom is 0.119 e. The van der Waals surface area contributed by atoms with Gasteiger partial charge in [-0.15, -0.1) is 0 Å². The molecular weight excluding hydrogens is 372 g/mol. The van der Waals surface area contributed by atoms with Gasteiger partial charge in [-0.1, -0.05) is 39.8 Å². The smallest absolute Gasteiger partial charge is 0.119 e. The summed E-state index contributed by atoms with van der Waals surface area (Å²) >= 11 is 0. The first-order chi connectivity index (χ1) is 14.6. The van der Waals surface area contributed by atoms with E-state index in [2.05, 4.69) is 74.3 Å². The maximum absolute atomic E-state index is 6.07. The third kappa shape index (κ3) is 5.35. The van der Waals surface area contributed by atoms with Crippen molar-refractivity contribution in [1.29, 1.82) is 0 Å². The van der Waals surface area contributed by atoms with Gasteiger partial charge in [-0.3, -0.25) is 0 Å². The molecule has 1 N–H and O–H groups in total. The van der Waals surface area contributed by atoms with E-state index in [1.807, 2.05) is 6.92 Å². The van der Waals surface area contributed by atoms with Gasteiger partial charge in [0.15, 0.2) is 0 Å². The third-order valence-corrected chi connectivity index (χ3v) is 6.04. The lowest BCUT2D eigenvalue weighted by molar-refractivity contribution is 0.222. The second kappa shape index (κ2) is 10.8. The molecule has 1 aliphatic heterocycles. The van der Waals surface area contributed by atoms with Gasteiger partial charge in [0.25, 0.3) is 0 Å². The molecule has 3 rings (SSSR count). The largest absolute Gasteiger partial charge is 0.494 e. The standard InChI is InChI=1S/C26H38N2O2/c1-6-28(7-2)15-16-30-21-9-11-23-20(17-21)13-14-27-26(23)24-12-10-22(29-8-3)18-25(24)19(4)5/h9-12,17-19,26-27H,6-8,13-16H2,1-5H3. The lowest BCUT2D eigenvalue weighted by Gasteiger charge is -2.30. The van der Waals surface area contributed by atoms with Crippen molar-refractivity contribution in [3.63, 3.8) is 0 Å². The van der Waals surface area contributed by atoms with Crippen LogP contribution < -0.4 is 14.8 Å². The third-order valence-electron chi connectivity index (χ3n) is 6.04. The van der Waals surface area contributed by atoms with E-state index in [-0.39, 0.29) is 6.04 Å². The van der Waals surface area contributed by atoms with E-state index < -0.39 is 0 Å². The molecular formula is C26H38N2O2. The topological polar surface area (TPSA) is 33.7 Å². The van der Waals surface area contributed by atoms with Crippen LogP contribution in [0.25, 0.3) is 0 Å². The first-order valence-corrected chi connectivity index (χ1v) is 11.5. The molecule has 0 aliphatic carbocycles. The van der Waals surface area contributed by atoms with Crippen LogP contribution in [0.5, 0.6) is 11.5 Å². The number of fused-ring (bicyclic) bond motifs is 1. The zero-order valence-corrected chi connectivity index (χ0v) is 19.3. The quantitative estimate of drug-likeness (QED) is 0.586. The highest BCUT2D eigenvalue weighted by Gasteiger charge is 2.25. The predicted octanol–water partition coefficient (Wildman–Crippen LogP) is 5.16. The van der Waals surface area contributed by atoms with Crippen LogP contribution >= 0.6 is 0 Å². The summed E-state index contributed by atoms with van der Waals surface area (Å²) < 4.78 is 11.8. The lowest BCUT2D eigenvalue weighted by atomic mass is 9.85. The Morgan fingerprint density at radius 3 is 2.33 bits per heavy atom. The zero-order valence-electron chi connectivity index (χ0n) is 19.3. The molecule has 4 nitrogen and oxygen atoms in total. The van der Waals surface area contributed by atoms with E-state index in [0.29, 0.717) is 12.5 Å². The van der Waals surface area contributed by atoms with Crippen LogP contribution in [-0.2, 0) is 6.42 Å². The molecule has 2 aromatic rings. The molecule has 0 saturated carbocycles. The van der Waals surface area contributed by atoms with Crippen molar-refractivity contribution < 1.29 is 9.47 Å². The van der Waals surface area contributed by atoms with Gasteiger partial charge < -0.3 is 19.7 Å². The van der Waals surface area contributed by atoms with Gasteiger partial charge in [-0.2, -0.15) is 0 Å². The highest BCUT2D eigenvalue weighted by atomic mass is 16.5. The zero-order chi connectivity index (χ0) is 21.5. The normalized spacial score (nSPS) is 16.0. The molecule has 1 atom stereocenters. The number of rotatable bonds is 10. The minimum absolute atomic E-state index is 0.214. The molecule has 0 fully saturated rings. The average Bonchev–Trinajstić information content (AvgIpc) is 2.76. The number of hydrogen-bond donors (Lipinski definition) is 1. The van der Waals surface area contributed by atoms with Crippen LogP contribution in [0.4, 0.5) is 0 Å². The summed E-state index contributed by atoms with van der Waals surface area (Å²) in [5, 5.41) is 3.74. The van der Waals surface area contributed by atoms with Crippen molar-refractivity contribution in [3.8, 4) is 11.5 Å². The second-order valence-electron chi connectivity index (χ2n) is 8.25. The van der Waals surface area contributed by atoms with Gasteiger partial charge in [-0.05, 0) is 78.9 Å². The van der Waals surface area contributed by atoms with Gasteiger partial charge in [0.1, 0.15) is 18.1 Å². The van der Waals surface area contributed by atoms with Gasteiger partial charge >= 0.3 is 0 Å². The number of benzene rings is 2. The number of likely N-dealkylation sites (N-methyl/N-ethyl adjacent to an activating group) is 1. The fraction of sp³-hybridized carbons (Fsp3) is 0.538. The first kappa shape index (κ1) is 22.6. The minimum atomic E-state index is 0.214. The SMILES string of the molecule is CCOc1ccc(C2NCCc3cc(OCCN(CC)CC)ccc32)c(C(C)C)c1. The van der Waals surface area contributed by atoms with Gasteiger partial charge in [-0.25, -0.2) is 0 Å². The summed E-state index contributed by atoms with van der Waals surface area (Å²) in [5.41, 5.74) is 5.46. The highest BCUT2D eigenvalue weighted by Crippen LogP contribution is 2.36. The molecule has 0 spiro atoms. The van der Waals surface area contributed by atoms with Gasteiger partial charge in [0.05, 0.1) is 12.6 Å². The fourth-order valence-electron chi connectivity index (χ4n) is 4.31. The summed E-state index contributed by atoms with van der Waals surface area (Å²) in [6, 6.07) is 13.4. The number of hydrogen-bond acceptors (Lipinski definition) is 4. The van der Waals surface area contributed by atoms with Crippen LogP contribution in [-0.4, -0.2) is 44.3 Å². The van der Waals surface area contributed by atoms with Crippen LogP contribution in [0.2, 0.25) is 0 Å². The van der Waals surface area contributed by atoms with Crippen molar-refractivity contribution in [2.75, 3.05) is 39.4 Å². The number of nitrogens with zero attached hydrogens (tertiary/aromatic N) is 1. The van der Waals surface area contributed by atoms with Crippen LogP contribution in [0, 0.1) is 0 Å².